The number of carbonyl (C=O) groups excluding carboxylic acids is 1. The molecular weight excluding hydrogens is 357 g/mol. The van der Waals surface area contributed by atoms with Crippen molar-refractivity contribution in [3.05, 3.63) is 29.8 Å². The molecule has 0 aromatic heterocycles. The summed E-state index contributed by atoms with van der Waals surface area (Å²) in [5, 5.41) is 3.24. The summed E-state index contributed by atoms with van der Waals surface area (Å²) in [6.45, 7) is 4.35. The second-order valence-corrected chi connectivity index (χ2v) is 5.89. The molecule has 8 heteroatoms. The van der Waals surface area contributed by atoms with Crippen LogP contribution in [0, 0.1) is 0 Å². The Kier molecular flexibility index (Phi) is 8.52. The van der Waals surface area contributed by atoms with Gasteiger partial charge in [-0.15, -0.1) is 25.6 Å². The maximum Gasteiger partial charge on any atom is 0.573 e. The number of nitrogens with zero attached hydrogens (tertiary/aromatic N) is 1. The van der Waals surface area contributed by atoms with E-state index in [-0.39, 0.29) is 42.9 Å². The van der Waals surface area contributed by atoms with Gasteiger partial charge in [-0.05, 0) is 37.4 Å². The van der Waals surface area contributed by atoms with Gasteiger partial charge in [0.1, 0.15) is 5.75 Å². The summed E-state index contributed by atoms with van der Waals surface area (Å²) in [4.78, 5) is 14.4. The van der Waals surface area contributed by atoms with E-state index in [1.807, 2.05) is 11.8 Å². The summed E-state index contributed by atoms with van der Waals surface area (Å²) in [6.07, 6.45) is -2.56. The van der Waals surface area contributed by atoms with Crippen molar-refractivity contribution in [2.24, 2.45) is 0 Å². The van der Waals surface area contributed by atoms with Gasteiger partial charge < -0.3 is 15.0 Å². The Morgan fingerprint density at radius 3 is 2.68 bits per heavy atom. The standard InChI is InChI=1S/C17H23F3N2O2.ClH/c1-2-11-22(14-9-10-21-12-14)16(23)8-7-13-5-3-4-6-15(13)24-17(18,19)20;/h3-6,14,21H,2,7-12H2,1H3;1H. The summed E-state index contributed by atoms with van der Waals surface area (Å²) < 4.78 is 41.4. The summed E-state index contributed by atoms with van der Waals surface area (Å²) in [7, 11) is 0. The maximum absolute atomic E-state index is 12.5. The molecule has 1 atom stereocenters. The van der Waals surface area contributed by atoms with Crippen LogP contribution in [-0.4, -0.2) is 42.8 Å². The van der Waals surface area contributed by atoms with E-state index >= 15 is 0 Å². The number of amides is 1. The molecule has 1 amide bonds. The first kappa shape index (κ1) is 21.6. The van der Waals surface area contributed by atoms with Crippen LogP contribution in [0.3, 0.4) is 0 Å². The fourth-order valence-electron chi connectivity index (χ4n) is 2.98. The lowest BCUT2D eigenvalue weighted by molar-refractivity contribution is -0.274. The van der Waals surface area contributed by atoms with E-state index in [2.05, 4.69) is 10.1 Å². The molecule has 0 aliphatic carbocycles. The number of hydrogen-bond acceptors (Lipinski definition) is 3. The first-order chi connectivity index (χ1) is 11.4. The van der Waals surface area contributed by atoms with Crippen LogP contribution in [-0.2, 0) is 11.2 Å². The van der Waals surface area contributed by atoms with Crippen molar-refractivity contribution in [2.45, 2.75) is 45.0 Å². The molecule has 1 unspecified atom stereocenters. The van der Waals surface area contributed by atoms with Crippen LogP contribution >= 0.6 is 12.4 Å². The van der Waals surface area contributed by atoms with Crippen LogP contribution in [0.4, 0.5) is 13.2 Å². The molecule has 2 rings (SSSR count). The molecule has 1 saturated heterocycles. The smallest absolute Gasteiger partial charge is 0.406 e. The predicted molar refractivity (Wildman–Crippen MR) is 92.0 cm³/mol. The number of ether oxygens (including phenoxy) is 1. The van der Waals surface area contributed by atoms with Gasteiger partial charge >= 0.3 is 6.36 Å². The number of halogens is 4. The number of nitrogens with one attached hydrogen (secondary N) is 1. The average molecular weight is 381 g/mol. The van der Waals surface area contributed by atoms with Crippen LogP contribution in [0.25, 0.3) is 0 Å². The fraction of sp³-hybridized carbons (Fsp3) is 0.588. The monoisotopic (exact) mass is 380 g/mol. The van der Waals surface area contributed by atoms with Gasteiger partial charge in [0, 0.05) is 25.6 Å². The van der Waals surface area contributed by atoms with E-state index in [1.54, 1.807) is 12.1 Å². The van der Waals surface area contributed by atoms with Crippen molar-refractivity contribution in [1.82, 2.24) is 10.2 Å². The van der Waals surface area contributed by atoms with Crippen molar-refractivity contribution >= 4 is 18.3 Å². The van der Waals surface area contributed by atoms with Crippen molar-refractivity contribution < 1.29 is 22.7 Å². The summed E-state index contributed by atoms with van der Waals surface area (Å²) in [5.74, 6) is -0.255. The highest BCUT2D eigenvalue weighted by atomic mass is 35.5. The van der Waals surface area contributed by atoms with Gasteiger partial charge in [0.2, 0.25) is 5.91 Å². The van der Waals surface area contributed by atoms with Crippen molar-refractivity contribution in [3.63, 3.8) is 0 Å². The molecule has 0 saturated carbocycles. The predicted octanol–water partition coefficient (Wildman–Crippen LogP) is 3.54. The second-order valence-electron chi connectivity index (χ2n) is 5.89. The van der Waals surface area contributed by atoms with Gasteiger partial charge in [-0.3, -0.25) is 4.79 Å². The van der Waals surface area contributed by atoms with Gasteiger partial charge in [-0.2, -0.15) is 0 Å². The highest BCUT2D eigenvalue weighted by Gasteiger charge is 2.32. The minimum Gasteiger partial charge on any atom is -0.406 e. The Bertz CT molecular complexity index is 549. The molecule has 4 nitrogen and oxygen atoms in total. The summed E-state index contributed by atoms with van der Waals surface area (Å²) >= 11 is 0. The van der Waals surface area contributed by atoms with Gasteiger partial charge in [0.15, 0.2) is 0 Å². The van der Waals surface area contributed by atoms with E-state index in [1.165, 1.54) is 12.1 Å². The lowest BCUT2D eigenvalue weighted by Gasteiger charge is -2.28. The molecule has 1 fully saturated rings. The number of benzene rings is 1. The van der Waals surface area contributed by atoms with E-state index in [0.29, 0.717) is 12.1 Å². The average Bonchev–Trinajstić information content (AvgIpc) is 3.04. The first-order valence-electron chi connectivity index (χ1n) is 8.24. The number of alkyl halides is 3. The highest BCUT2D eigenvalue weighted by molar-refractivity contribution is 5.85. The normalized spacial score (nSPS) is 17.0. The number of rotatable bonds is 7. The molecule has 0 bridgehead atoms. The first-order valence-corrected chi connectivity index (χ1v) is 8.24. The Hall–Kier alpha value is -1.47. The number of hydrogen-bond donors (Lipinski definition) is 1. The Morgan fingerprint density at radius 1 is 1.36 bits per heavy atom. The number of para-hydroxylation sites is 1. The van der Waals surface area contributed by atoms with Crippen molar-refractivity contribution in [3.8, 4) is 5.75 Å². The minimum absolute atomic E-state index is 0. The SMILES string of the molecule is CCCN(C(=O)CCc1ccccc1OC(F)(F)F)C1CCNC1.Cl. The Balaban J connectivity index is 0.00000312. The molecule has 1 aromatic carbocycles. The van der Waals surface area contributed by atoms with Crippen LogP contribution < -0.4 is 10.1 Å². The van der Waals surface area contributed by atoms with Crippen molar-refractivity contribution in [1.29, 1.82) is 0 Å². The molecule has 1 aromatic rings. The van der Waals surface area contributed by atoms with Crippen LogP contribution in [0.2, 0.25) is 0 Å². The third-order valence-corrected chi connectivity index (χ3v) is 4.07. The molecule has 0 radical (unpaired) electrons. The zero-order valence-electron chi connectivity index (χ0n) is 14.1. The lowest BCUT2D eigenvalue weighted by atomic mass is 10.1. The summed E-state index contributed by atoms with van der Waals surface area (Å²) in [6, 6.07) is 6.15. The van der Waals surface area contributed by atoms with Crippen LogP contribution in [0.5, 0.6) is 5.75 Å². The minimum atomic E-state index is -4.73. The Labute approximate surface area is 152 Å². The van der Waals surface area contributed by atoms with E-state index in [0.717, 1.165) is 25.9 Å². The molecular formula is C17H24ClF3N2O2. The van der Waals surface area contributed by atoms with E-state index in [9.17, 15) is 18.0 Å². The second kappa shape index (κ2) is 9.87. The molecule has 0 spiro atoms. The third kappa shape index (κ3) is 6.74. The van der Waals surface area contributed by atoms with Crippen LogP contribution in [0.15, 0.2) is 24.3 Å². The van der Waals surface area contributed by atoms with Gasteiger partial charge in [-0.25, -0.2) is 0 Å². The quantitative estimate of drug-likeness (QED) is 0.786. The third-order valence-electron chi connectivity index (χ3n) is 4.07. The van der Waals surface area contributed by atoms with E-state index < -0.39 is 6.36 Å². The van der Waals surface area contributed by atoms with Gasteiger partial charge in [0.25, 0.3) is 0 Å². The zero-order chi connectivity index (χ0) is 17.6. The lowest BCUT2D eigenvalue weighted by Crippen LogP contribution is -2.42. The van der Waals surface area contributed by atoms with Crippen LogP contribution in [0.1, 0.15) is 31.7 Å². The molecule has 1 heterocycles. The van der Waals surface area contributed by atoms with Gasteiger partial charge in [0.05, 0.1) is 0 Å². The molecule has 1 aliphatic rings. The largest absolute Gasteiger partial charge is 0.573 e. The zero-order valence-corrected chi connectivity index (χ0v) is 15.0. The molecule has 25 heavy (non-hydrogen) atoms. The number of aryl methyl sites for hydroxylation is 1. The highest BCUT2D eigenvalue weighted by Crippen LogP contribution is 2.27. The fourth-order valence-corrected chi connectivity index (χ4v) is 2.98. The summed E-state index contributed by atoms with van der Waals surface area (Å²) in [5.41, 5.74) is 0.393. The topological polar surface area (TPSA) is 41.6 Å². The Morgan fingerprint density at radius 2 is 2.08 bits per heavy atom. The molecule has 142 valence electrons. The maximum atomic E-state index is 12.5. The van der Waals surface area contributed by atoms with Crippen molar-refractivity contribution in [2.75, 3.05) is 19.6 Å². The molecule has 1 aliphatic heterocycles. The van der Waals surface area contributed by atoms with E-state index in [4.69, 9.17) is 0 Å². The van der Waals surface area contributed by atoms with Gasteiger partial charge in [-0.1, -0.05) is 25.1 Å². The number of carbonyl (C=O) groups is 1. The molecule has 1 N–H and O–H groups in total.